The molecule has 0 radical (unpaired) electrons. The van der Waals surface area contributed by atoms with E-state index in [2.05, 4.69) is 41.5 Å². The lowest BCUT2D eigenvalue weighted by atomic mass is 10.3. The van der Waals surface area contributed by atoms with Crippen LogP contribution in [0, 0.1) is 17.8 Å². The van der Waals surface area contributed by atoms with Gasteiger partial charge in [0.2, 0.25) is 0 Å². The van der Waals surface area contributed by atoms with Crippen molar-refractivity contribution in [3.8, 4) is 0 Å². The second kappa shape index (κ2) is 11.0. The molecule has 0 bridgehead atoms. The molecular formula is C18H42O6Si3. The summed E-state index contributed by atoms with van der Waals surface area (Å²) in [6, 6.07) is 2.26. The minimum Gasteiger partial charge on any atom is -0.375 e. The van der Waals surface area contributed by atoms with E-state index in [1.54, 1.807) is 0 Å². The van der Waals surface area contributed by atoms with Gasteiger partial charge in [-0.05, 0) is 38.5 Å². The lowest BCUT2D eigenvalue weighted by molar-refractivity contribution is 0.0126. The second-order valence-corrected chi connectivity index (χ2v) is 17.1. The third-order valence-corrected chi connectivity index (χ3v) is 17.6. The van der Waals surface area contributed by atoms with Gasteiger partial charge < -0.3 is 25.6 Å². The van der Waals surface area contributed by atoms with Crippen LogP contribution in [-0.4, -0.2) is 46.2 Å². The van der Waals surface area contributed by atoms with Gasteiger partial charge in [0, 0.05) is 38.0 Å². The van der Waals surface area contributed by atoms with Gasteiger partial charge in [-0.25, -0.2) is 0 Å². The van der Waals surface area contributed by atoms with Crippen LogP contribution >= 0.6 is 0 Å². The van der Waals surface area contributed by atoms with Gasteiger partial charge in [-0.15, -0.1) is 0 Å². The molecule has 1 saturated heterocycles. The molecule has 1 fully saturated rings. The zero-order valence-electron chi connectivity index (χ0n) is 18.9. The summed E-state index contributed by atoms with van der Waals surface area (Å²) in [6.07, 6.45) is 0. The van der Waals surface area contributed by atoms with Crippen molar-refractivity contribution in [3.63, 3.8) is 0 Å². The highest BCUT2D eigenvalue weighted by molar-refractivity contribution is 6.89. The van der Waals surface area contributed by atoms with E-state index >= 15 is 0 Å². The normalized spacial score (nSPS) is 32.0. The summed E-state index contributed by atoms with van der Waals surface area (Å²) in [6.45, 7) is 20.7. The van der Waals surface area contributed by atoms with Crippen molar-refractivity contribution in [1.29, 1.82) is 0 Å². The Bertz CT molecular complexity index is 366. The van der Waals surface area contributed by atoms with Gasteiger partial charge in [0.25, 0.3) is 0 Å². The number of hydrogen-bond acceptors (Lipinski definition) is 6. The van der Waals surface area contributed by atoms with E-state index in [-0.39, 0.29) is 0 Å². The predicted octanol–water partition coefficient (Wildman–Crippen LogP) is 4.94. The molecule has 1 rings (SSSR count). The minimum absolute atomic E-state index is 0.390. The van der Waals surface area contributed by atoms with Gasteiger partial charge in [0.1, 0.15) is 0 Å². The molecule has 0 amide bonds. The SMILES string of the molecule is CCO[Si]1(CC(C)C)O[Si](CC(C)C)(OCC)O[Si](CC(C)C)(OCC)O1. The van der Waals surface area contributed by atoms with Crippen molar-refractivity contribution in [2.75, 3.05) is 19.8 Å². The van der Waals surface area contributed by atoms with Crippen LogP contribution < -0.4 is 0 Å². The Morgan fingerprint density at radius 2 is 0.741 bits per heavy atom. The summed E-state index contributed by atoms with van der Waals surface area (Å²) in [5.74, 6) is 1.17. The fourth-order valence-corrected chi connectivity index (χ4v) is 18.9. The molecular weight excluding hydrogens is 396 g/mol. The molecule has 1 heterocycles. The van der Waals surface area contributed by atoms with Crippen LogP contribution in [0.25, 0.3) is 0 Å². The van der Waals surface area contributed by atoms with E-state index in [9.17, 15) is 0 Å². The summed E-state index contributed by atoms with van der Waals surface area (Å²) >= 11 is 0. The van der Waals surface area contributed by atoms with E-state index in [4.69, 9.17) is 25.6 Å². The first kappa shape index (κ1) is 25.4. The maximum absolute atomic E-state index is 6.69. The summed E-state index contributed by atoms with van der Waals surface area (Å²) in [5.41, 5.74) is 0. The molecule has 0 aromatic carbocycles. The van der Waals surface area contributed by atoms with Gasteiger partial charge in [-0.3, -0.25) is 0 Å². The fourth-order valence-electron chi connectivity index (χ4n) is 3.54. The van der Waals surface area contributed by atoms with Gasteiger partial charge in [-0.1, -0.05) is 41.5 Å². The first-order valence-electron chi connectivity index (χ1n) is 10.6. The fraction of sp³-hybridized carbons (Fsp3) is 1.00. The van der Waals surface area contributed by atoms with Crippen LogP contribution in [0.3, 0.4) is 0 Å². The Labute approximate surface area is 170 Å². The summed E-state index contributed by atoms with van der Waals surface area (Å²) < 4.78 is 38.9. The number of rotatable bonds is 12. The highest BCUT2D eigenvalue weighted by Gasteiger charge is 2.67. The minimum atomic E-state index is -2.98. The molecule has 0 saturated carbocycles. The molecule has 1 aliphatic heterocycles. The van der Waals surface area contributed by atoms with Crippen LogP contribution in [0.4, 0.5) is 0 Å². The Morgan fingerprint density at radius 1 is 0.519 bits per heavy atom. The average molecular weight is 439 g/mol. The standard InChI is InChI=1S/C18H42O6Si3/c1-10-19-25(13-16(4)5)22-26(20-11-2,14-17(6)7)24-27(23-25,21-12-3)15-18(8)9/h16-18H,10-15H2,1-9H3. The van der Waals surface area contributed by atoms with Crippen molar-refractivity contribution < 1.29 is 25.6 Å². The third kappa shape index (κ3) is 7.63. The van der Waals surface area contributed by atoms with Gasteiger partial charge in [-0.2, -0.15) is 0 Å². The highest BCUT2D eigenvalue weighted by atomic mass is 28.5. The molecule has 1 aliphatic rings. The molecule has 0 spiro atoms. The van der Waals surface area contributed by atoms with Crippen LogP contribution in [-0.2, 0) is 25.6 Å². The van der Waals surface area contributed by atoms with Crippen LogP contribution in [0.1, 0.15) is 62.3 Å². The van der Waals surface area contributed by atoms with Crippen molar-refractivity contribution in [2.24, 2.45) is 17.8 Å². The van der Waals surface area contributed by atoms with Crippen molar-refractivity contribution >= 4 is 26.4 Å². The van der Waals surface area contributed by atoms with Gasteiger partial charge >= 0.3 is 26.4 Å². The van der Waals surface area contributed by atoms with Gasteiger partial charge in [0.05, 0.1) is 0 Å². The maximum atomic E-state index is 6.69. The smallest absolute Gasteiger partial charge is 0.375 e. The van der Waals surface area contributed by atoms with Crippen molar-refractivity contribution in [3.05, 3.63) is 0 Å². The third-order valence-electron chi connectivity index (χ3n) is 4.00. The topological polar surface area (TPSA) is 55.4 Å². The monoisotopic (exact) mass is 438 g/mol. The van der Waals surface area contributed by atoms with Crippen LogP contribution in [0.15, 0.2) is 0 Å². The molecule has 0 aliphatic carbocycles. The Balaban J connectivity index is 3.45. The van der Waals surface area contributed by atoms with Crippen molar-refractivity contribution in [2.45, 2.75) is 80.4 Å². The van der Waals surface area contributed by atoms with E-state index < -0.39 is 26.4 Å². The van der Waals surface area contributed by atoms with E-state index in [0.717, 1.165) is 18.1 Å². The Hall–Kier alpha value is 0.411. The molecule has 0 atom stereocenters. The predicted molar refractivity (Wildman–Crippen MR) is 114 cm³/mol. The largest absolute Gasteiger partial charge is 0.486 e. The maximum Gasteiger partial charge on any atom is 0.486 e. The van der Waals surface area contributed by atoms with Gasteiger partial charge in [0.15, 0.2) is 0 Å². The molecule has 6 nitrogen and oxygen atoms in total. The van der Waals surface area contributed by atoms with E-state index in [1.807, 2.05) is 20.8 Å². The Morgan fingerprint density at radius 3 is 0.889 bits per heavy atom. The summed E-state index contributed by atoms with van der Waals surface area (Å²) in [5, 5.41) is 0. The number of hydrogen-bond donors (Lipinski definition) is 0. The zero-order chi connectivity index (χ0) is 20.7. The average Bonchev–Trinajstić information content (AvgIpc) is 2.43. The lowest BCUT2D eigenvalue weighted by Gasteiger charge is -2.51. The summed E-state index contributed by atoms with van der Waals surface area (Å²) in [4.78, 5) is 0. The molecule has 162 valence electrons. The van der Waals surface area contributed by atoms with Crippen molar-refractivity contribution in [1.82, 2.24) is 0 Å². The first-order valence-corrected chi connectivity index (χ1v) is 16.4. The Kier molecular flexibility index (Phi) is 10.3. The lowest BCUT2D eigenvalue weighted by Crippen LogP contribution is -2.74. The first-order chi connectivity index (χ1) is 12.6. The molecule has 0 aromatic rings. The molecule has 0 aromatic heterocycles. The summed E-state index contributed by atoms with van der Waals surface area (Å²) in [7, 11) is -8.93. The van der Waals surface area contributed by atoms with Crippen LogP contribution in [0.2, 0.25) is 18.1 Å². The molecule has 27 heavy (non-hydrogen) atoms. The highest BCUT2D eigenvalue weighted by Crippen LogP contribution is 2.41. The molecule has 0 unspecified atom stereocenters. The molecule has 9 heteroatoms. The van der Waals surface area contributed by atoms with Crippen LogP contribution in [0.5, 0.6) is 0 Å². The van der Waals surface area contributed by atoms with E-state index in [0.29, 0.717) is 37.6 Å². The quantitative estimate of drug-likeness (QED) is 0.402. The molecule has 0 N–H and O–H groups in total. The van der Waals surface area contributed by atoms with E-state index in [1.165, 1.54) is 0 Å². The second-order valence-electron chi connectivity index (χ2n) is 8.45. The zero-order valence-corrected chi connectivity index (χ0v) is 21.9.